The van der Waals surface area contributed by atoms with Crippen LogP contribution in [0.5, 0.6) is 0 Å². The summed E-state index contributed by atoms with van der Waals surface area (Å²) in [5.74, 6) is -4.31. The number of alkyl halides is 5. The number of ether oxygens (including phenoxy) is 1. The molecule has 3 heterocycles. The molecule has 31 heavy (non-hydrogen) atoms. The summed E-state index contributed by atoms with van der Waals surface area (Å²) in [6.07, 6.45) is -7.10. The highest BCUT2D eigenvalue weighted by atomic mass is 19.4. The molecule has 0 spiro atoms. The van der Waals surface area contributed by atoms with Gasteiger partial charge in [0.25, 0.3) is 11.8 Å². The van der Waals surface area contributed by atoms with E-state index in [0.717, 1.165) is 18.2 Å². The van der Waals surface area contributed by atoms with Crippen LogP contribution in [-0.4, -0.2) is 67.3 Å². The van der Waals surface area contributed by atoms with Gasteiger partial charge in [-0.3, -0.25) is 4.79 Å². The zero-order chi connectivity index (χ0) is 22.6. The maximum atomic E-state index is 15.1. The van der Waals surface area contributed by atoms with Gasteiger partial charge in [0.2, 0.25) is 5.76 Å². The summed E-state index contributed by atoms with van der Waals surface area (Å²) in [6.45, 7) is -0.875. The number of aliphatic hydroxyl groups is 1. The minimum absolute atomic E-state index is 0.000644. The zero-order valence-corrected chi connectivity index (χ0v) is 16.6. The van der Waals surface area contributed by atoms with E-state index in [-0.39, 0.29) is 55.0 Å². The van der Waals surface area contributed by atoms with Crippen LogP contribution < -0.4 is 4.90 Å². The standard InChI is InChI=1S/C20H21F5N2O4/c1-26-5-6-27(10-19(21,22)15-9-12(28)4-7-30-15)16-13-8-11(20(23,24)25)2-3-14(13)31-17(16)18(26)29/h2-3,8,12,15,28H,4-7,9-10H2,1H3. The molecule has 0 aliphatic carbocycles. The van der Waals surface area contributed by atoms with Crippen molar-refractivity contribution in [2.45, 2.75) is 37.1 Å². The molecule has 1 aromatic heterocycles. The fourth-order valence-corrected chi connectivity index (χ4v) is 3.97. The van der Waals surface area contributed by atoms with Crippen LogP contribution >= 0.6 is 0 Å². The van der Waals surface area contributed by atoms with E-state index in [1.165, 1.54) is 16.8 Å². The van der Waals surface area contributed by atoms with Crippen molar-refractivity contribution in [1.29, 1.82) is 0 Å². The Morgan fingerprint density at radius 3 is 2.61 bits per heavy atom. The SMILES string of the molecule is CN1CCN(CC(F)(F)C2CC(O)CCO2)c2c(oc3ccc(C(F)(F)F)cc23)C1=O. The van der Waals surface area contributed by atoms with Gasteiger partial charge in [-0.05, 0) is 24.6 Å². The van der Waals surface area contributed by atoms with Gasteiger partial charge in [-0.1, -0.05) is 0 Å². The number of hydrogen-bond donors (Lipinski definition) is 1. The molecule has 0 saturated carbocycles. The van der Waals surface area contributed by atoms with Crippen molar-refractivity contribution >= 4 is 22.6 Å². The largest absolute Gasteiger partial charge is 0.449 e. The Balaban J connectivity index is 1.77. The first-order chi connectivity index (χ1) is 14.5. The lowest BCUT2D eigenvalue weighted by Gasteiger charge is -2.36. The number of nitrogens with zero attached hydrogens (tertiary/aromatic N) is 2. The van der Waals surface area contributed by atoms with E-state index in [1.807, 2.05) is 0 Å². The van der Waals surface area contributed by atoms with Gasteiger partial charge in [-0.2, -0.15) is 13.2 Å². The fourth-order valence-electron chi connectivity index (χ4n) is 3.97. The van der Waals surface area contributed by atoms with Crippen molar-refractivity contribution in [3.8, 4) is 0 Å². The molecule has 6 nitrogen and oxygen atoms in total. The predicted octanol–water partition coefficient (Wildman–Crippen LogP) is 3.52. The number of benzene rings is 1. The van der Waals surface area contributed by atoms with Gasteiger partial charge < -0.3 is 24.1 Å². The second kappa shape index (κ2) is 7.63. The molecule has 170 valence electrons. The van der Waals surface area contributed by atoms with Gasteiger partial charge in [-0.25, -0.2) is 8.78 Å². The Morgan fingerprint density at radius 1 is 1.19 bits per heavy atom. The second-order valence-corrected chi connectivity index (χ2v) is 7.94. The maximum absolute atomic E-state index is 15.1. The van der Waals surface area contributed by atoms with Crippen molar-refractivity contribution in [2.75, 3.05) is 38.2 Å². The van der Waals surface area contributed by atoms with Crippen LogP contribution in [0.4, 0.5) is 27.6 Å². The summed E-state index contributed by atoms with van der Waals surface area (Å²) in [7, 11) is 1.46. The maximum Gasteiger partial charge on any atom is 0.416 e. The monoisotopic (exact) mass is 448 g/mol. The van der Waals surface area contributed by atoms with Crippen molar-refractivity contribution in [3.05, 3.63) is 29.5 Å². The number of aliphatic hydroxyl groups excluding tert-OH is 1. The summed E-state index contributed by atoms with van der Waals surface area (Å²) < 4.78 is 80.6. The van der Waals surface area contributed by atoms with Crippen LogP contribution in [0, 0.1) is 0 Å². The summed E-state index contributed by atoms with van der Waals surface area (Å²) >= 11 is 0. The molecule has 0 bridgehead atoms. The van der Waals surface area contributed by atoms with Gasteiger partial charge >= 0.3 is 6.18 Å². The zero-order valence-electron chi connectivity index (χ0n) is 16.6. The molecule has 1 amide bonds. The number of carbonyl (C=O) groups is 1. The number of carbonyl (C=O) groups excluding carboxylic acids is 1. The first kappa shape index (κ1) is 21.8. The van der Waals surface area contributed by atoms with Gasteiger partial charge in [0, 0.05) is 38.6 Å². The van der Waals surface area contributed by atoms with Gasteiger partial charge in [0.05, 0.1) is 23.9 Å². The van der Waals surface area contributed by atoms with Crippen molar-refractivity contribution in [3.63, 3.8) is 0 Å². The first-order valence-electron chi connectivity index (χ1n) is 9.79. The average Bonchev–Trinajstić information content (AvgIpc) is 3.03. The third-order valence-electron chi connectivity index (χ3n) is 5.68. The lowest BCUT2D eigenvalue weighted by atomic mass is 10.00. The van der Waals surface area contributed by atoms with E-state index < -0.39 is 42.3 Å². The Labute approximate surface area is 174 Å². The fraction of sp³-hybridized carbons (Fsp3) is 0.550. The van der Waals surface area contributed by atoms with E-state index in [0.29, 0.717) is 0 Å². The third-order valence-corrected chi connectivity index (χ3v) is 5.68. The number of fused-ring (bicyclic) bond motifs is 3. The molecule has 1 fully saturated rings. The highest BCUT2D eigenvalue weighted by Gasteiger charge is 2.46. The molecule has 1 aromatic carbocycles. The number of halogens is 5. The summed E-state index contributed by atoms with van der Waals surface area (Å²) in [5.41, 5.74) is -1.06. The summed E-state index contributed by atoms with van der Waals surface area (Å²) in [6, 6.07) is 2.70. The lowest BCUT2D eigenvalue weighted by Crippen LogP contribution is -2.50. The normalized spacial score (nSPS) is 23.3. The van der Waals surface area contributed by atoms with Gasteiger partial charge in [-0.15, -0.1) is 0 Å². The first-order valence-corrected chi connectivity index (χ1v) is 9.79. The Kier molecular flexibility index (Phi) is 5.37. The van der Waals surface area contributed by atoms with Crippen LogP contribution in [-0.2, 0) is 10.9 Å². The quantitative estimate of drug-likeness (QED) is 0.728. The third kappa shape index (κ3) is 4.08. The lowest BCUT2D eigenvalue weighted by molar-refractivity contribution is -0.166. The smallest absolute Gasteiger partial charge is 0.416 e. The molecular weight excluding hydrogens is 427 g/mol. The van der Waals surface area contributed by atoms with E-state index >= 15 is 8.78 Å². The molecule has 1 saturated heterocycles. The van der Waals surface area contributed by atoms with E-state index in [1.54, 1.807) is 0 Å². The van der Waals surface area contributed by atoms with Crippen molar-refractivity contribution < 1.29 is 41.0 Å². The number of furan rings is 1. The molecule has 0 radical (unpaired) electrons. The van der Waals surface area contributed by atoms with Crippen LogP contribution in [0.3, 0.4) is 0 Å². The average molecular weight is 448 g/mol. The van der Waals surface area contributed by atoms with E-state index in [2.05, 4.69) is 0 Å². The van der Waals surface area contributed by atoms with E-state index in [4.69, 9.17) is 9.15 Å². The molecule has 2 unspecified atom stereocenters. The summed E-state index contributed by atoms with van der Waals surface area (Å²) in [4.78, 5) is 15.1. The van der Waals surface area contributed by atoms with Crippen molar-refractivity contribution in [1.82, 2.24) is 4.90 Å². The van der Waals surface area contributed by atoms with Gasteiger partial charge in [0.15, 0.2) is 0 Å². The topological polar surface area (TPSA) is 66.2 Å². The van der Waals surface area contributed by atoms with Crippen LogP contribution in [0.15, 0.2) is 22.6 Å². The Bertz CT molecular complexity index is 990. The minimum atomic E-state index is -4.65. The minimum Gasteiger partial charge on any atom is -0.449 e. The number of hydrogen-bond acceptors (Lipinski definition) is 5. The predicted molar refractivity (Wildman–Crippen MR) is 100 cm³/mol. The molecule has 2 aliphatic heterocycles. The summed E-state index contributed by atoms with van der Waals surface area (Å²) in [5, 5.41) is 9.68. The number of rotatable bonds is 3. The molecule has 2 atom stereocenters. The van der Waals surface area contributed by atoms with E-state index in [9.17, 15) is 23.1 Å². The van der Waals surface area contributed by atoms with Crippen LogP contribution in [0.2, 0.25) is 0 Å². The molecule has 4 rings (SSSR count). The Morgan fingerprint density at radius 2 is 1.94 bits per heavy atom. The molecule has 11 heteroatoms. The van der Waals surface area contributed by atoms with Gasteiger partial charge in [0.1, 0.15) is 11.7 Å². The molecule has 2 aromatic rings. The van der Waals surface area contributed by atoms with Crippen LogP contribution in [0.1, 0.15) is 29.0 Å². The van der Waals surface area contributed by atoms with Crippen LogP contribution in [0.25, 0.3) is 11.0 Å². The Hall–Kier alpha value is -2.40. The highest BCUT2D eigenvalue weighted by molar-refractivity contribution is 6.07. The second-order valence-electron chi connectivity index (χ2n) is 7.94. The molecular formula is C20H21F5N2O4. The molecule has 2 aliphatic rings. The number of likely N-dealkylation sites (N-methyl/N-ethyl adjacent to an activating group) is 1. The number of amides is 1. The molecule has 1 N–H and O–H groups in total. The highest BCUT2D eigenvalue weighted by Crippen LogP contribution is 2.41. The van der Waals surface area contributed by atoms with Crippen molar-refractivity contribution in [2.24, 2.45) is 0 Å². The number of anilines is 1.